The van der Waals surface area contributed by atoms with Crippen molar-refractivity contribution in [2.24, 2.45) is 4.74 Å². The van der Waals surface area contributed by atoms with Gasteiger partial charge in [0.15, 0.2) is 5.76 Å². The maximum atomic E-state index is 11.5. The van der Waals surface area contributed by atoms with E-state index in [1.54, 1.807) is 0 Å². The van der Waals surface area contributed by atoms with E-state index in [0.29, 0.717) is 0 Å². The van der Waals surface area contributed by atoms with Gasteiger partial charge in [0.1, 0.15) is 10.6 Å². The largest absolute Gasteiger partial charge is 0.382 e. The molecule has 0 radical (unpaired) electrons. The van der Waals surface area contributed by atoms with Crippen molar-refractivity contribution in [3.8, 4) is 0 Å². The van der Waals surface area contributed by atoms with E-state index in [9.17, 15) is 9.67 Å². The van der Waals surface area contributed by atoms with E-state index in [0.717, 1.165) is 0 Å². The highest BCUT2D eigenvalue weighted by atomic mass is 35.9. The minimum atomic E-state index is -3.51. The van der Waals surface area contributed by atoms with E-state index < -0.39 is 22.2 Å². The first-order chi connectivity index (χ1) is 6.21. The molecule has 0 aliphatic carbocycles. The molecule has 0 aromatic carbocycles. The predicted molar refractivity (Wildman–Crippen MR) is 70.7 cm³/mol. The van der Waals surface area contributed by atoms with Crippen LogP contribution in [0.25, 0.3) is 0 Å². The average molecular weight is 335 g/mol. The van der Waals surface area contributed by atoms with Crippen molar-refractivity contribution in [3.63, 3.8) is 0 Å². The van der Waals surface area contributed by atoms with Gasteiger partial charge in [-0.25, -0.2) is 0 Å². The van der Waals surface area contributed by atoms with Crippen molar-refractivity contribution >= 4 is 56.6 Å². The summed E-state index contributed by atoms with van der Waals surface area (Å²) in [6, 6.07) is 0. The zero-order chi connectivity index (χ0) is 12.7. The molecule has 0 aliphatic heterocycles. The Kier molecular flexibility index (Phi) is 5.18. The Morgan fingerprint density at radius 1 is 1.07 bits per heavy atom. The summed E-state index contributed by atoms with van der Waals surface area (Å²) in [6.07, 6.45) is 0. The highest BCUT2D eigenvalue weighted by Gasteiger charge is 2.42. The molecule has 0 bridgehead atoms. The van der Waals surface area contributed by atoms with Gasteiger partial charge >= 0.3 is 0 Å². The van der Waals surface area contributed by atoms with Gasteiger partial charge in [-0.1, -0.05) is 22.5 Å². The molecular formula is C6H13Cl4NO2P2. The molecular weight excluding hydrogens is 322 g/mol. The fourth-order valence-corrected chi connectivity index (χ4v) is 4.22. The van der Waals surface area contributed by atoms with Crippen LogP contribution in [-0.2, 0) is 4.57 Å². The van der Waals surface area contributed by atoms with E-state index in [4.69, 9.17) is 45.0 Å². The van der Waals surface area contributed by atoms with E-state index in [1.165, 1.54) is 27.7 Å². The van der Waals surface area contributed by atoms with Crippen LogP contribution in [0.3, 0.4) is 0 Å². The molecule has 0 saturated heterocycles. The first-order valence-electron chi connectivity index (χ1n) is 3.95. The lowest BCUT2D eigenvalue weighted by molar-refractivity contribution is 0.174. The van der Waals surface area contributed by atoms with Gasteiger partial charge in [-0.15, -0.1) is 0 Å². The SMILES string of the molecule is CC(C)(N=P(Cl)(Cl)C(C)(C)O)P(=O)(Cl)Cl. The monoisotopic (exact) mass is 333 g/mol. The summed E-state index contributed by atoms with van der Waals surface area (Å²) in [5, 5.41) is 7.01. The number of nitrogens with zero attached hydrogens (tertiary/aromatic N) is 1. The highest BCUT2D eigenvalue weighted by molar-refractivity contribution is 8.12. The Balaban J connectivity index is 5.51. The van der Waals surface area contributed by atoms with Crippen molar-refractivity contribution in [3.05, 3.63) is 0 Å². The molecule has 0 amide bonds. The van der Waals surface area contributed by atoms with E-state index in [1.807, 2.05) is 0 Å². The number of halogens is 4. The number of rotatable bonds is 3. The highest BCUT2D eigenvalue weighted by Crippen LogP contribution is 2.75. The van der Waals surface area contributed by atoms with Gasteiger partial charge in [0.25, 0.3) is 5.85 Å². The first-order valence-corrected chi connectivity index (χ1v) is 11.0. The number of hydrogen-bond donors (Lipinski definition) is 1. The number of aliphatic hydroxyl groups is 1. The van der Waals surface area contributed by atoms with Gasteiger partial charge in [-0.3, -0.25) is 9.31 Å². The zero-order valence-corrected chi connectivity index (χ0v) is 13.5. The summed E-state index contributed by atoms with van der Waals surface area (Å²) in [5.41, 5.74) is 0. The lowest BCUT2D eigenvalue weighted by Gasteiger charge is -2.29. The molecule has 0 aliphatic rings. The quantitative estimate of drug-likeness (QED) is 0.680. The minimum absolute atomic E-state index is 1.28. The second-order valence-electron chi connectivity index (χ2n) is 4.04. The maximum absolute atomic E-state index is 11.5. The topological polar surface area (TPSA) is 49.7 Å². The molecule has 0 unspecified atom stereocenters. The third kappa shape index (κ3) is 4.39. The molecule has 0 aromatic rings. The maximum Gasteiger partial charge on any atom is 0.279 e. The van der Waals surface area contributed by atoms with Crippen molar-refractivity contribution in [2.45, 2.75) is 38.3 Å². The summed E-state index contributed by atoms with van der Waals surface area (Å²) in [6.45, 7) is 5.76. The van der Waals surface area contributed by atoms with Crippen molar-refractivity contribution in [1.29, 1.82) is 0 Å². The molecule has 0 atom stereocenters. The summed E-state index contributed by atoms with van der Waals surface area (Å²) in [4.78, 5) is 0. The van der Waals surface area contributed by atoms with Crippen LogP contribution in [0.1, 0.15) is 27.7 Å². The van der Waals surface area contributed by atoms with E-state index in [2.05, 4.69) is 4.74 Å². The van der Waals surface area contributed by atoms with Gasteiger partial charge in [-0.2, -0.15) is 0 Å². The van der Waals surface area contributed by atoms with Crippen LogP contribution in [-0.4, -0.2) is 15.7 Å². The molecule has 0 rings (SSSR count). The third-order valence-electron chi connectivity index (χ3n) is 1.67. The van der Waals surface area contributed by atoms with Crippen LogP contribution in [0.15, 0.2) is 4.74 Å². The van der Waals surface area contributed by atoms with E-state index in [-0.39, 0.29) is 0 Å². The van der Waals surface area contributed by atoms with Gasteiger partial charge in [0.05, 0.1) is 0 Å². The molecule has 0 spiro atoms. The summed E-state index contributed by atoms with van der Waals surface area (Å²) < 4.78 is 15.4. The van der Waals surface area contributed by atoms with Crippen molar-refractivity contribution < 1.29 is 9.67 Å². The van der Waals surface area contributed by atoms with Gasteiger partial charge < -0.3 is 5.11 Å². The molecule has 0 fully saturated rings. The van der Waals surface area contributed by atoms with Crippen LogP contribution in [0, 0.1) is 0 Å². The van der Waals surface area contributed by atoms with Crippen LogP contribution in [0.4, 0.5) is 0 Å². The normalized spacial score (nSPS) is 15.3. The first kappa shape index (κ1) is 16.6. The number of hydrogen-bond acceptors (Lipinski definition) is 3. The Hall–Kier alpha value is 1.58. The summed E-state index contributed by atoms with van der Waals surface area (Å²) in [5.74, 6) is -6.57. The average Bonchev–Trinajstić information content (AvgIpc) is 1.77. The Bertz CT molecular complexity index is 338. The second-order valence-corrected chi connectivity index (χ2v) is 15.1. The van der Waals surface area contributed by atoms with Gasteiger partial charge in [-0.05, 0) is 50.2 Å². The van der Waals surface area contributed by atoms with Crippen molar-refractivity contribution in [1.82, 2.24) is 0 Å². The summed E-state index contributed by atoms with van der Waals surface area (Å²) >= 11 is 22.9. The van der Waals surface area contributed by atoms with Crippen LogP contribution >= 0.6 is 56.6 Å². The molecule has 0 saturated carbocycles. The Morgan fingerprint density at radius 3 is 1.60 bits per heavy atom. The second kappa shape index (κ2) is 4.69. The Labute approximate surface area is 109 Å². The fraction of sp³-hybridized carbons (Fsp3) is 1.00. The summed E-state index contributed by atoms with van der Waals surface area (Å²) in [7, 11) is 0. The standard InChI is InChI=1S/C6H13Cl4NO2P2/c1-5(2,15(9,10)13)11-14(7,8)6(3,4)12/h12H,1-4H3. The molecule has 3 nitrogen and oxygen atoms in total. The molecule has 92 valence electrons. The van der Waals surface area contributed by atoms with Crippen LogP contribution < -0.4 is 0 Å². The Morgan fingerprint density at radius 2 is 1.40 bits per heavy atom. The minimum Gasteiger partial charge on any atom is -0.382 e. The third-order valence-corrected chi connectivity index (χ3v) is 10.7. The smallest absolute Gasteiger partial charge is 0.279 e. The van der Waals surface area contributed by atoms with E-state index >= 15 is 0 Å². The molecule has 0 heterocycles. The molecule has 0 aromatic heterocycles. The molecule has 1 N–H and O–H groups in total. The molecule has 9 heteroatoms. The predicted octanol–water partition coefficient (Wildman–Crippen LogP) is 5.63. The van der Waals surface area contributed by atoms with Crippen molar-refractivity contribution in [2.75, 3.05) is 0 Å². The lowest BCUT2D eigenvalue weighted by atomic mass is 10.4. The fourth-order valence-electron chi connectivity index (χ4n) is 0.482. The lowest BCUT2D eigenvalue weighted by Crippen LogP contribution is -2.18. The molecule has 15 heavy (non-hydrogen) atoms. The van der Waals surface area contributed by atoms with Gasteiger partial charge in [0.2, 0.25) is 0 Å². The zero-order valence-electron chi connectivity index (χ0n) is 8.71. The van der Waals surface area contributed by atoms with Crippen LogP contribution in [0.5, 0.6) is 0 Å². The van der Waals surface area contributed by atoms with Gasteiger partial charge in [0, 0.05) is 0 Å². The van der Waals surface area contributed by atoms with Crippen LogP contribution in [0.2, 0.25) is 0 Å².